The van der Waals surface area contributed by atoms with Crippen molar-refractivity contribution in [3.63, 3.8) is 0 Å². The zero-order chi connectivity index (χ0) is 13.2. The number of halogens is 1. The van der Waals surface area contributed by atoms with E-state index in [1.807, 2.05) is 36.4 Å². The van der Waals surface area contributed by atoms with Crippen LogP contribution >= 0.6 is 11.6 Å². The van der Waals surface area contributed by atoms with Crippen LogP contribution in [-0.4, -0.2) is 4.98 Å². The third kappa shape index (κ3) is 2.51. The van der Waals surface area contributed by atoms with Gasteiger partial charge in [-0.15, -0.1) is 0 Å². The lowest BCUT2D eigenvalue weighted by molar-refractivity contribution is 0.302. The Bertz CT molecular complexity index is 704. The molecule has 19 heavy (non-hydrogen) atoms. The Morgan fingerprint density at radius 1 is 1.11 bits per heavy atom. The third-order valence-corrected chi connectivity index (χ3v) is 3.21. The van der Waals surface area contributed by atoms with Crippen LogP contribution in [0.25, 0.3) is 10.9 Å². The van der Waals surface area contributed by atoms with Crippen molar-refractivity contribution in [3.05, 3.63) is 59.2 Å². The zero-order valence-electron chi connectivity index (χ0n) is 10.2. The molecule has 0 amide bonds. The molecule has 96 valence electrons. The van der Waals surface area contributed by atoms with E-state index < -0.39 is 0 Å². The Morgan fingerprint density at radius 2 is 1.89 bits per heavy atom. The number of ether oxygens (including phenoxy) is 1. The molecule has 0 bridgehead atoms. The first-order valence-corrected chi connectivity index (χ1v) is 6.34. The first-order valence-electron chi connectivity index (χ1n) is 5.97. The molecular weight excluding hydrogens is 260 g/mol. The number of benzene rings is 2. The summed E-state index contributed by atoms with van der Waals surface area (Å²) in [6.45, 7) is 0.468. The summed E-state index contributed by atoms with van der Waals surface area (Å²) in [5.41, 5.74) is 8.70. The van der Waals surface area contributed by atoms with E-state index in [-0.39, 0.29) is 0 Å². The van der Waals surface area contributed by atoms with Crippen molar-refractivity contribution in [2.24, 2.45) is 0 Å². The van der Waals surface area contributed by atoms with Gasteiger partial charge in [0, 0.05) is 21.6 Å². The van der Waals surface area contributed by atoms with Gasteiger partial charge < -0.3 is 15.5 Å². The Balaban J connectivity index is 1.78. The van der Waals surface area contributed by atoms with E-state index in [0.717, 1.165) is 28.0 Å². The lowest BCUT2D eigenvalue weighted by atomic mass is 10.2. The number of H-pyrrole nitrogens is 1. The second kappa shape index (κ2) is 4.86. The number of aromatic nitrogens is 1. The summed E-state index contributed by atoms with van der Waals surface area (Å²) >= 11 is 5.82. The van der Waals surface area contributed by atoms with Crippen molar-refractivity contribution >= 4 is 28.2 Å². The fourth-order valence-electron chi connectivity index (χ4n) is 2.01. The molecule has 4 heteroatoms. The Hall–Kier alpha value is -2.13. The van der Waals surface area contributed by atoms with Crippen LogP contribution in [0.2, 0.25) is 5.02 Å². The van der Waals surface area contributed by atoms with Crippen LogP contribution in [0, 0.1) is 0 Å². The van der Waals surface area contributed by atoms with E-state index in [4.69, 9.17) is 22.1 Å². The number of fused-ring (bicyclic) bond motifs is 1. The maximum absolute atomic E-state index is 5.92. The first-order chi connectivity index (χ1) is 9.22. The summed E-state index contributed by atoms with van der Waals surface area (Å²) in [6, 6.07) is 15.1. The van der Waals surface area contributed by atoms with Gasteiger partial charge in [-0.1, -0.05) is 17.7 Å². The molecule has 1 heterocycles. The van der Waals surface area contributed by atoms with E-state index >= 15 is 0 Å². The summed E-state index contributed by atoms with van der Waals surface area (Å²) < 4.78 is 5.69. The van der Waals surface area contributed by atoms with E-state index in [9.17, 15) is 0 Å². The van der Waals surface area contributed by atoms with Gasteiger partial charge >= 0.3 is 0 Å². The van der Waals surface area contributed by atoms with Crippen LogP contribution in [0.15, 0.2) is 48.5 Å². The van der Waals surface area contributed by atoms with Gasteiger partial charge in [-0.25, -0.2) is 0 Å². The molecule has 0 saturated carbocycles. The van der Waals surface area contributed by atoms with Gasteiger partial charge in [-0.3, -0.25) is 0 Å². The molecule has 1 aromatic heterocycles. The number of nitrogens with two attached hydrogens (primary N) is 1. The molecule has 3 rings (SSSR count). The highest BCUT2D eigenvalue weighted by Gasteiger charge is 2.04. The summed E-state index contributed by atoms with van der Waals surface area (Å²) in [4.78, 5) is 3.29. The molecule has 0 aliphatic heterocycles. The van der Waals surface area contributed by atoms with Crippen molar-refractivity contribution < 1.29 is 4.74 Å². The number of nitrogens with one attached hydrogen (secondary N) is 1. The smallest absolute Gasteiger partial charge is 0.128 e. The summed E-state index contributed by atoms with van der Waals surface area (Å²) in [5, 5.41) is 1.72. The number of hydrogen-bond acceptors (Lipinski definition) is 2. The minimum Gasteiger partial charge on any atom is -0.487 e. The van der Waals surface area contributed by atoms with Gasteiger partial charge in [0.1, 0.15) is 12.4 Å². The molecule has 0 atom stereocenters. The molecule has 0 aliphatic rings. The van der Waals surface area contributed by atoms with E-state index in [1.165, 1.54) is 0 Å². The Kier molecular flexibility index (Phi) is 3.05. The van der Waals surface area contributed by atoms with Crippen molar-refractivity contribution in [2.45, 2.75) is 6.61 Å². The standard InChI is InChI=1S/C15H13ClN2O/c16-10-4-6-12(7-5-10)19-9-11-8-13-14(17)2-1-3-15(13)18-11/h1-8,18H,9,17H2. The Morgan fingerprint density at radius 3 is 2.63 bits per heavy atom. The van der Waals surface area contributed by atoms with Crippen LogP contribution < -0.4 is 10.5 Å². The molecule has 0 spiro atoms. The predicted octanol–water partition coefficient (Wildman–Crippen LogP) is 3.98. The lowest BCUT2D eigenvalue weighted by Crippen LogP contribution is -1.94. The largest absolute Gasteiger partial charge is 0.487 e. The summed E-state index contributed by atoms with van der Waals surface area (Å²) in [6.07, 6.45) is 0. The maximum Gasteiger partial charge on any atom is 0.128 e. The number of anilines is 1. The first kappa shape index (κ1) is 11.9. The van der Waals surface area contributed by atoms with Gasteiger partial charge in [0.15, 0.2) is 0 Å². The SMILES string of the molecule is Nc1cccc2[nH]c(COc3ccc(Cl)cc3)cc12. The molecule has 3 aromatic rings. The summed E-state index contributed by atoms with van der Waals surface area (Å²) in [5.74, 6) is 0.788. The van der Waals surface area contributed by atoms with Crippen molar-refractivity contribution in [2.75, 3.05) is 5.73 Å². The second-order valence-electron chi connectivity index (χ2n) is 4.35. The maximum atomic E-state index is 5.92. The van der Waals surface area contributed by atoms with Crippen LogP contribution in [0.5, 0.6) is 5.75 Å². The molecule has 0 aliphatic carbocycles. The quantitative estimate of drug-likeness (QED) is 0.709. The van der Waals surface area contributed by atoms with Gasteiger partial charge in [0.05, 0.1) is 5.69 Å². The number of rotatable bonds is 3. The zero-order valence-corrected chi connectivity index (χ0v) is 10.9. The lowest BCUT2D eigenvalue weighted by Gasteiger charge is -2.04. The molecule has 0 saturated heterocycles. The molecular formula is C15H13ClN2O. The third-order valence-electron chi connectivity index (χ3n) is 2.96. The van der Waals surface area contributed by atoms with E-state index in [1.54, 1.807) is 12.1 Å². The molecule has 3 nitrogen and oxygen atoms in total. The molecule has 3 N–H and O–H groups in total. The molecule has 0 unspecified atom stereocenters. The number of nitrogen functional groups attached to an aromatic ring is 1. The average Bonchev–Trinajstić information content (AvgIpc) is 2.83. The summed E-state index contributed by atoms with van der Waals surface area (Å²) in [7, 11) is 0. The van der Waals surface area contributed by atoms with Crippen molar-refractivity contribution in [3.8, 4) is 5.75 Å². The topological polar surface area (TPSA) is 51.0 Å². The normalized spacial score (nSPS) is 10.8. The van der Waals surface area contributed by atoms with Crippen molar-refractivity contribution in [1.29, 1.82) is 0 Å². The monoisotopic (exact) mass is 272 g/mol. The molecule has 0 fully saturated rings. The fraction of sp³-hybridized carbons (Fsp3) is 0.0667. The average molecular weight is 273 g/mol. The molecule has 0 radical (unpaired) electrons. The van der Waals surface area contributed by atoms with Gasteiger partial charge in [0.25, 0.3) is 0 Å². The molecule has 2 aromatic carbocycles. The van der Waals surface area contributed by atoms with Crippen LogP contribution in [0.3, 0.4) is 0 Å². The Labute approximate surface area is 116 Å². The number of aromatic amines is 1. The minimum absolute atomic E-state index is 0.468. The van der Waals surface area contributed by atoms with Crippen LogP contribution in [0.4, 0.5) is 5.69 Å². The van der Waals surface area contributed by atoms with Gasteiger partial charge in [-0.2, -0.15) is 0 Å². The van der Waals surface area contributed by atoms with E-state index in [2.05, 4.69) is 4.98 Å². The highest BCUT2D eigenvalue weighted by atomic mass is 35.5. The highest BCUT2D eigenvalue weighted by Crippen LogP contribution is 2.23. The number of hydrogen-bond donors (Lipinski definition) is 2. The van der Waals surface area contributed by atoms with E-state index in [0.29, 0.717) is 11.6 Å². The van der Waals surface area contributed by atoms with Gasteiger partial charge in [-0.05, 0) is 42.5 Å². The predicted molar refractivity (Wildman–Crippen MR) is 78.5 cm³/mol. The minimum atomic E-state index is 0.468. The highest BCUT2D eigenvalue weighted by molar-refractivity contribution is 6.30. The van der Waals surface area contributed by atoms with Crippen LogP contribution in [-0.2, 0) is 6.61 Å². The second-order valence-corrected chi connectivity index (χ2v) is 4.78. The van der Waals surface area contributed by atoms with Crippen molar-refractivity contribution in [1.82, 2.24) is 4.98 Å². The van der Waals surface area contributed by atoms with Crippen LogP contribution in [0.1, 0.15) is 5.69 Å². The fourth-order valence-corrected chi connectivity index (χ4v) is 2.13. The van der Waals surface area contributed by atoms with Gasteiger partial charge in [0.2, 0.25) is 0 Å².